The van der Waals surface area contributed by atoms with E-state index >= 15 is 4.39 Å². The number of piperazine rings is 1. The molecule has 0 aliphatic carbocycles. The Hall–Kier alpha value is -3.10. The van der Waals surface area contributed by atoms with Gasteiger partial charge in [-0.3, -0.25) is 14.5 Å². The van der Waals surface area contributed by atoms with Crippen molar-refractivity contribution >= 4 is 45.7 Å². The number of nitrogens with two attached hydrogens (primary N) is 1. The van der Waals surface area contributed by atoms with Crippen molar-refractivity contribution in [1.82, 2.24) is 14.8 Å². The fraction of sp³-hybridized carbons (Fsp3) is 0.429. The Morgan fingerprint density at radius 1 is 1.26 bits per heavy atom. The number of benzene rings is 2. The quantitative estimate of drug-likeness (QED) is 0.276. The molecule has 1 aromatic heterocycles. The topological polar surface area (TPSA) is 113 Å². The zero-order valence-corrected chi connectivity index (χ0v) is 24.7. The van der Waals surface area contributed by atoms with E-state index in [4.69, 9.17) is 33.7 Å². The first-order chi connectivity index (χ1) is 20.1. The Balaban J connectivity index is 1.59. The van der Waals surface area contributed by atoms with Crippen molar-refractivity contribution in [2.24, 2.45) is 5.73 Å². The predicted molar refractivity (Wildman–Crippen MR) is 154 cm³/mol. The third-order valence-electron chi connectivity index (χ3n) is 7.81. The number of carbonyl (C=O) groups is 1. The van der Waals surface area contributed by atoms with E-state index in [-0.39, 0.29) is 66.7 Å². The van der Waals surface area contributed by atoms with Gasteiger partial charge in [0.15, 0.2) is 11.6 Å². The fourth-order valence-corrected chi connectivity index (χ4v) is 6.52. The van der Waals surface area contributed by atoms with E-state index in [1.807, 2.05) is 11.8 Å². The lowest BCUT2D eigenvalue weighted by molar-refractivity contribution is -0.140. The molecule has 0 radical (unpaired) electrons. The number of hydrogen-bond donors (Lipinski definition) is 3. The second-order valence-electron chi connectivity index (χ2n) is 11.1. The Morgan fingerprint density at radius 3 is 2.63 bits per heavy atom. The molecule has 3 aromatic rings. The van der Waals surface area contributed by atoms with Crippen LogP contribution in [0.2, 0.25) is 10.0 Å². The molecule has 4 N–H and O–H groups in total. The molecule has 15 heteroatoms. The molecule has 9 nitrogen and oxygen atoms in total. The molecule has 2 fully saturated rings. The van der Waals surface area contributed by atoms with Crippen molar-refractivity contribution in [2.45, 2.75) is 50.4 Å². The van der Waals surface area contributed by atoms with E-state index in [9.17, 15) is 27.9 Å². The number of rotatable bonds is 6. The van der Waals surface area contributed by atoms with Gasteiger partial charge >= 0.3 is 6.18 Å². The zero-order valence-electron chi connectivity index (χ0n) is 23.1. The standard InChI is InChI=1S/C28H29Cl2F4N5O4/c1-14-9-37(10-17-7-27(35,42)12-39(14)17)23-21(31)6-18-22(25(23)43-2)38(13-28(32,33)34)11-19(24(18)40)26(41)36-8-15-3-4-16(29)5-20(15)30/h3-6,11,14,17,42H,7-10,12-13,35H2,1-2H3,(H,36,41)/t14-,17+,27?/m1/s1. The van der Waals surface area contributed by atoms with Gasteiger partial charge in [0.2, 0.25) is 5.43 Å². The Morgan fingerprint density at radius 2 is 1.98 bits per heavy atom. The van der Waals surface area contributed by atoms with Crippen LogP contribution in [-0.4, -0.2) is 71.2 Å². The van der Waals surface area contributed by atoms with Crippen LogP contribution in [0.3, 0.4) is 0 Å². The molecule has 232 valence electrons. The molecule has 2 saturated heterocycles. The summed E-state index contributed by atoms with van der Waals surface area (Å²) in [4.78, 5) is 30.2. The molecule has 3 atom stereocenters. The first-order valence-corrected chi connectivity index (χ1v) is 14.1. The molecule has 0 bridgehead atoms. The molecule has 5 rings (SSSR count). The molecular formula is C28H29Cl2F4N5O4. The second kappa shape index (κ2) is 11.4. The molecule has 1 amide bonds. The highest BCUT2D eigenvalue weighted by molar-refractivity contribution is 6.35. The summed E-state index contributed by atoms with van der Waals surface area (Å²) in [7, 11) is 1.17. The monoisotopic (exact) mass is 645 g/mol. The number of hydrogen-bond acceptors (Lipinski definition) is 7. The number of aromatic nitrogens is 1. The highest BCUT2D eigenvalue weighted by Gasteiger charge is 2.46. The zero-order chi connectivity index (χ0) is 31.4. The Kier molecular flexibility index (Phi) is 8.33. The van der Waals surface area contributed by atoms with Crippen molar-refractivity contribution in [3.05, 3.63) is 67.7 Å². The Bertz CT molecular complexity index is 1650. The highest BCUT2D eigenvalue weighted by Crippen LogP contribution is 2.41. The van der Waals surface area contributed by atoms with E-state index in [0.717, 1.165) is 12.3 Å². The number of nitrogens with zero attached hydrogens (tertiary/aromatic N) is 3. The van der Waals surface area contributed by atoms with Crippen LogP contribution in [0.15, 0.2) is 35.3 Å². The van der Waals surface area contributed by atoms with Gasteiger partial charge in [0, 0.05) is 60.9 Å². The Labute approximate surface area is 253 Å². The maximum atomic E-state index is 15.9. The average molecular weight is 646 g/mol. The van der Waals surface area contributed by atoms with Gasteiger partial charge in [-0.2, -0.15) is 13.2 Å². The number of nitrogens with one attached hydrogen (secondary N) is 1. The average Bonchev–Trinajstić information content (AvgIpc) is 3.22. The van der Waals surface area contributed by atoms with Crippen LogP contribution < -0.4 is 26.1 Å². The fourth-order valence-electron chi connectivity index (χ4n) is 6.05. The van der Waals surface area contributed by atoms with E-state index in [1.165, 1.54) is 19.2 Å². The van der Waals surface area contributed by atoms with Crippen LogP contribution in [0.4, 0.5) is 23.2 Å². The number of anilines is 1. The van der Waals surface area contributed by atoms with Crippen LogP contribution in [0.25, 0.3) is 10.9 Å². The normalized spacial score (nSPS) is 22.6. The molecule has 0 spiro atoms. The summed E-state index contributed by atoms with van der Waals surface area (Å²) < 4.78 is 63.5. The number of ether oxygens (including phenoxy) is 1. The number of aliphatic hydroxyl groups is 1. The number of alkyl halides is 3. The molecule has 0 saturated carbocycles. The first kappa shape index (κ1) is 31.3. The summed E-state index contributed by atoms with van der Waals surface area (Å²) in [5.74, 6) is -2.16. The van der Waals surface area contributed by atoms with Gasteiger partial charge in [-0.15, -0.1) is 0 Å². The lowest BCUT2D eigenvalue weighted by Crippen LogP contribution is -2.55. The lowest BCUT2D eigenvalue weighted by Gasteiger charge is -2.43. The summed E-state index contributed by atoms with van der Waals surface area (Å²) in [6, 6.07) is 4.94. The van der Waals surface area contributed by atoms with Gasteiger partial charge in [-0.05, 0) is 30.7 Å². The van der Waals surface area contributed by atoms with Crippen LogP contribution in [0.1, 0.15) is 29.3 Å². The van der Waals surface area contributed by atoms with Crippen LogP contribution in [0, 0.1) is 5.82 Å². The van der Waals surface area contributed by atoms with Crippen LogP contribution in [0.5, 0.6) is 5.75 Å². The largest absolute Gasteiger partial charge is 0.492 e. The van der Waals surface area contributed by atoms with Crippen LogP contribution in [-0.2, 0) is 13.1 Å². The van der Waals surface area contributed by atoms with Gasteiger partial charge < -0.3 is 30.4 Å². The van der Waals surface area contributed by atoms with Crippen molar-refractivity contribution in [2.75, 3.05) is 31.6 Å². The molecule has 2 aliphatic rings. The summed E-state index contributed by atoms with van der Waals surface area (Å²) in [5, 5.41) is 13.0. The minimum Gasteiger partial charge on any atom is -0.492 e. The van der Waals surface area contributed by atoms with Crippen molar-refractivity contribution in [1.29, 1.82) is 0 Å². The SMILES string of the molecule is COc1c(N2C[C@@H]3CC(N)(O)CN3[C@H](C)C2)c(F)cc2c(=O)c(C(=O)NCc3ccc(Cl)cc3Cl)cn(CC(F)(F)F)c12. The number of halogens is 6. The number of pyridine rings is 1. The van der Waals surface area contributed by atoms with Crippen LogP contribution >= 0.6 is 23.2 Å². The van der Waals surface area contributed by atoms with E-state index < -0.39 is 46.5 Å². The maximum Gasteiger partial charge on any atom is 0.406 e. The molecular weight excluding hydrogens is 617 g/mol. The summed E-state index contributed by atoms with van der Waals surface area (Å²) in [6.45, 7) is 0.827. The molecule has 43 heavy (non-hydrogen) atoms. The first-order valence-electron chi connectivity index (χ1n) is 13.3. The van der Waals surface area contributed by atoms with Crippen molar-refractivity contribution in [3.63, 3.8) is 0 Å². The van der Waals surface area contributed by atoms with Crippen molar-refractivity contribution in [3.8, 4) is 5.75 Å². The molecule has 2 aromatic carbocycles. The van der Waals surface area contributed by atoms with Gasteiger partial charge in [0.05, 0.1) is 18.0 Å². The number of carbonyl (C=O) groups excluding carboxylic acids is 1. The molecule has 3 heterocycles. The van der Waals surface area contributed by atoms with Gasteiger partial charge in [0.25, 0.3) is 5.91 Å². The third kappa shape index (κ3) is 6.27. The molecule has 2 aliphatic heterocycles. The van der Waals surface area contributed by atoms with Crippen molar-refractivity contribution < 1.29 is 32.2 Å². The van der Waals surface area contributed by atoms with Gasteiger partial charge in [0.1, 0.15) is 23.5 Å². The van der Waals surface area contributed by atoms with E-state index in [0.29, 0.717) is 15.2 Å². The lowest BCUT2D eigenvalue weighted by atomic mass is 10.0. The summed E-state index contributed by atoms with van der Waals surface area (Å²) >= 11 is 12.0. The smallest absolute Gasteiger partial charge is 0.406 e. The molecule has 1 unspecified atom stereocenters. The summed E-state index contributed by atoms with van der Waals surface area (Å²) in [6.07, 6.45) is -3.75. The summed E-state index contributed by atoms with van der Waals surface area (Å²) in [5.41, 5.74) is 2.96. The van der Waals surface area contributed by atoms with Gasteiger partial charge in [-0.25, -0.2) is 4.39 Å². The van der Waals surface area contributed by atoms with E-state index in [1.54, 1.807) is 11.0 Å². The maximum absolute atomic E-state index is 15.9. The minimum atomic E-state index is -4.76. The predicted octanol–water partition coefficient (Wildman–Crippen LogP) is 3.88. The third-order valence-corrected chi connectivity index (χ3v) is 8.40. The second-order valence-corrected chi connectivity index (χ2v) is 11.9. The highest BCUT2D eigenvalue weighted by atomic mass is 35.5. The van der Waals surface area contributed by atoms with E-state index in [2.05, 4.69) is 5.32 Å². The van der Waals surface area contributed by atoms with Gasteiger partial charge in [-0.1, -0.05) is 29.3 Å². The number of methoxy groups -OCH3 is 1. The minimum absolute atomic E-state index is 0.126. The number of amides is 1. The number of fused-ring (bicyclic) bond motifs is 2.